The van der Waals surface area contributed by atoms with Crippen LogP contribution in [0.4, 0.5) is 0 Å². The zero-order valence-electron chi connectivity index (χ0n) is 30.8. The van der Waals surface area contributed by atoms with Gasteiger partial charge < -0.3 is 25.7 Å². The third-order valence-electron chi connectivity index (χ3n) is 9.82. The highest BCUT2D eigenvalue weighted by molar-refractivity contribution is 5.80. The molecule has 6 heteroatoms. The Kier molecular flexibility index (Phi) is 35.1. The Bertz CT molecular complexity index is 618. The summed E-state index contributed by atoms with van der Waals surface area (Å²) in [6.07, 6.45) is 35.5. The number of rotatable bonds is 37. The summed E-state index contributed by atoms with van der Waals surface area (Å²) in [4.78, 5) is 12.5. The molecular formula is C40H81NO5. The summed E-state index contributed by atoms with van der Waals surface area (Å²) in [5.74, 6) is -0.581. The van der Waals surface area contributed by atoms with Crippen molar-refractivity contribution in [2.75, 3.05) is 6.61 Å². The molecule has 6 nitrogen and oxygen atoms in total. The number of nitrogens with one attached hydrogen (secondary N) is 1. The van der Waals surface area contributed by atoms with Crippen LogP contribution in [0, 0.1) is 0 Å². The van der Waals surface area contributed by atoms with E-state index in [0.29, 0.717) is 12.8 Å². The van der Waals surface area contributed by atoms with Crippen LogP contribution < -0.4 is 5.32 Å². The van der Waals surface area contributed by atoms with E-state index in [0.717, 1.165) is 38.5 Å². The summed E-state index contributed by atoms with van der Waals surface area (Å²) in [7, 11) is 0. The number of amides is 1. The molecule has 0 saturated carbocycles. The first-order chi connectivity index (χ1) is 22.5. The molecular weight excluding hydrogens is 574 g/mol. The molecule has 0 bridgehead atoms. The summed E-state index contributed by atoms with van der Waals surface area (Å²) >= 11 is 0. The fourth-order valence-electron chi connectivity index (χ4n) is 6.52. The Balaban J connectivity index is 3.72. The van der Waals surface area contributed by atoms with Gasteiger partial charge in [0, 0.05) is 0 Å². The van der Waals surface area contributed by atoms with Gasteiger partial charge in [-0.3, -0.25) is 4.79 Å². The lowest BCUT2D eigenvalue weighted by molar-refractivity contribution is -0.132. The van der Waals surface area contributed by atoms with Gasteiger partial charge in [-0.25, -0.2) is 0 Å². The van der Waals surface area contributed by atoms with Crippen LogP contribution in [-0.4, -0.2) is 57.3 Å². The molecule has 0 aromatic rings. The van der Waals surface area contributed by atoms with Crippen molar-refractivity contribution in [1.82, 2.24) is 5.32 Å². The van der Waals surface area contributed by atoms with E-state index in [9.17, 15) is 25.2 Å². The maximum atomic E-state index is 12.5. The van der Waals surface area contributed by atoms with Gasteiger partial charge in [0.15, 0.2) is 0 Å². The fraction of sp³-hybridized carbons (Fsp3) is 0.975. The van der Waals surface area contributed by atoms with Crippen molar-refractivity contribution in [2.45, 2.75) is 244 Å². The van der Waals surface area contributed by atoms with E-state index in [1.165, 1.54) is 154 Å². The number of hydrogen-bond acceptors (Lipinski definition) is 5. The molecule has 0 rings (SSSR count). The highest BCUT2D eigenvalue weighted by Crippen LogP contribution is 2.17. The van der Waals surface area contributed by atoms with Crippen molar-refractivity contribution in [3.8, 4) is 0 Å². The molecule has 0 saturated heterocycles. The van der Waals surface area contributed by atoms with Crippen LogP contribution in [0.1, 0.15) is 219 Å². The maximum absolute atomic E-state index is 12.5. The Hall–Kier alpha value is -0.690. The highest BCUT2D eigenvalue weighted by Gasteiger charge is 2.28. The van der Waals surface area contributed by atoms with E-state index in [-0.39, 0.29) is 0 Å². The third-order valence-corrected chi connectivity index (χ3v) is 9.82. The zero-order valence-corrected chi connectivity index (χ0v) is 30.8. The van der Waals surface area contributed by atoms with Crippen molar-refractivity contribution in [3.63, 3.8) is 0 Å². The predicted molar refractivity (Wildman–Crippen MR) is 196 cm³/mol. The van der Waals surface area contributed by atoms with E-state index < -0.39 is 36.9 Å². The molecule has 0 fully saturated rings. The third kappa shape index (κ3) is 29.4. The molecule has 4 atom stereocenters. The fourth-order valence-corrected chi connectivity index (χ4v) is 6.52. The summed E-state index contributed by atoms with van der Waals surface area (Å²) in [6, 6.07) is -0.977. The molecule has 276 valence electrons. The number of unbranched alkanes of at least 4 members (excludes halogenated alkanes) is 28. The average Bonchev–Trinajstić information content (AvgIpc) is 3.06. The largest absolute Gasteiger partial charge is 0.394 e. The Morgan fingerprint density at radius 1 is 0.457 bits per heavy atom. The summed E-state index contributed by atoms with van der Waals surface area (Å²) in [6.45, 7) is 4.04. The highest BCUT2D eigenvalue weighted by atomic mass is 16.3. The molecule has 0 aliphatic rings. The second-order valence-electron chi connectivity index (χ2n) is 14.3. The molecule has 0 aliphatic heterocycles. The van der Waals surface area contributed by atoms with Crippen LogP contribution in [-0.2, 0) is 4.79 Å². The molecule has 46 heavy (non-hydrogen) atoms. The van der Waals surface area contributed by atoms with Gasteiger partial charge in [-0.1, -0.05) is 206 Å². The summed E-state index contributed by atoms with van der Waals surface area (Å²) in [5.41, 5.74) is 0. The lowest BCUT2D eigenvalue weighted by atomic mass is 9.99. The van der Waals surface area contributed by atoms with Gasteiger partial charge >= 0.3 is 0 Å². The topological polar surface area (TPSA) is 110 Å². The van der Waals surface area contributed by atoms with Gasteiger partial charge in [-0.2, -0.15) is 0 Å². The maximum Gasteiger partial charge on any atom is 0.249 e. The second-order valence-corrected chi connectivity index (χ2v) is 14.3. The van der Waals surface area contributed by atoms with Gasteiger partial charge in [-0.05, 0) is 12.8 Å². The second kappa shape index (κ2) is 35.6. The van der Waals surface area contributed by atoms with Gasteiger partial charge in [0.05, 0.1) is 18.8 Å². The summed E-state index contributed by atoms with van der Waals surface area (Å²) < 4.78 is 0. The van der Waals surface area contributed by atoms with E-state index in [1.54, 1.807) is 0 Å². The van der Waals surface area contributed by atoms with Crippen molar-refractivity contribution in [2.24, 2.45) is 0 Å². The number of carbonyl (C=O) groups is 1. The minimum Gasteiger partial charge on any atom is -0.394 e. The Labute approximate surface area is 286 Å². The van der Waals surface area contributed by atoms with Crippen LogP contribution in [0.25, 0.3) is 0 Å². The standard InChI is InChI=1S/C40H81NO5/c1-3-5-7-9-11-13-15-17-18-19-20-21-22-24-26-28-30-32-34-38(44)40(46)41-36(35-42)39(45)37(43)33-31-29-27-25-23-16-14-12-10-8-6-4-2/h36-39,42-45H,3-35H2,1-2H3,(H,41,46)/t36-,37?,38?,39+/m1/s1. The first-order valence-corrected chi connectivity index (χ1v) is 20.4. The van der Waals surface area contributed by atoms with Crippen LogP contribution in [0.3, 0.4) is 0 Å². The van der Waals surface area contributed by atoms with E-state index in [4.69, 9.17) is 0 Å². The van der Waals surface area contributed by atoms with Crippen LogP contribution in [0.5, 0.6) is 0 Å². The number of carbonyl (C=O) groups excluding carboxylic acids is 1. The molecule has 0 aromatic carbocycles. The smallest absolute Gasteiger partial charge is 0.249 e. The van der Waals surface area contributed by atoms with E-state index >= 15 is 0 Å². The van der Waals surface area contributed by atoms with Gasteiger partial charge in [0.1, 0.15) is 12.2 Å². The molecule has 0 aliphatic carbocycles. The van der Waals surface area contributed by atoms with Crippen molar-refractivity contribution < 1.29 is 25.2 Å². The normalized spacial score (nSPS) is 14.3. The molecule has 0 spiro atoms. The SMILES string of the molecule is CCCCCCCCCCCCCCCCCCCCC(O)C(=O)N[C@H](CO)[C@H](O)C(O)CCCCCCCCCCCCCC. The minimum absolute atomic E-state index is 0.375. The number of aliphatic hydroxyl groups excluding tert-OH is 4. The van der Waals surface area contributed by atoms with Crippen LogP contribution in [0.2, 0.25) is 0 Å². The quantitative estimate of drug-likeness (QED) is 0.0428. The minimum atomic E-state index is -1.25. The molecule has 0 heterocycles. The van der Waals surface area contributed by atoms with E-state index in [1.807, 2.05) is 0 Å². The number of aliphatic hydroxyl groups is 4. The first kappa shape index (κ1) is 45.3. The van der Waals surface area contributed by atoms with E-state index in [2.05, 4.69) is 19.2 Å². The Morgan fingerprint density at radius 3 is 1.04 bits per heavy atom. The van der Waals surface area contributed by atoms with Gasteiger partial charge in [-0.15, -0.1) is 0 Å². The molecule has 5 N–H and O–H groups in total. The Morgan fingerprint density at radius 2 is 0.739 bits per heavy atom. The first-order valence-electron chi connectivity index (χ1n) is 20.4. The lowest BCUT2D eigenvalue weighted by Gasteiger charge is -2.27. The van der Waals surface area contributed by atoms with Crippen LogP contribution >= 0.6 is 0 Å². The molecule has 1 amide bonds. The monoisotopic (exact) mass is 656 g/mol. The van der Waals surface area contributed by atoms with Crippen molar-refractivity contribution >= 4 is 5.91 Å². The van der Waals surface area contributed by atoms with Crippen LogP contribution in [0.15, 0.2) is 0 Å². The van der Waals surface area contributed by atoms with Gasteiger partial charge in [0.2, 0.25) is 5.91 Å². The van der Waals surface area contributed by atoms with Gasteiger partial charge in [0.25, 0.3) is 0 Å². The van der Waals surface area contributed by atoms with Crippen molar-refractivity contribution in [1.29, 1.82) is 0 Å². The molecule has 2 unspecified atom stereocenters. The average molecular weight is 656 g/mol. The summed E-state index contributed by atoms with van der Waals surface area (Å²) in [5, 5.41) is 43.5. The number of hydrogen-bond donors (Lipinski definition) is 5. The molecule has 0 radical (unpaired) electrons. The van der Waals surface area contributed by atoms with Crippen molar-refractivity contribution in [3.05, 3.63) is 0 Å². The molecule has 0 aromatic heterocycles. The lowest BCUT2D eigenvalue weighted by Crippen LogP contribution is -2.53. The zero-order chi connectivity index (χ0) is 33.9. The predicted octanol–water partition coefficient (Wildman–Crippen LogP) is 10.1.